The summed E-state index contributed by atoms with van der Waals surface area (Å²) in [6.45, 7) is 2.56. The quantitative estimate of drug-likeness (QED) is 0.409. The number of likely N-dealkylation sites (N-methyl/N-ethyl adjacent to an activating group) is 1. The maximum atomic E-state index is 13.0. The zero-order valence-corrected chi connectivity index (χ0v) is 22.3. The summed E-state index contributed by atoms with van der Waals surface area (Å²) in [5.74, 6) is -1.82. The number of piperidine rings is 1. The smallest absolute Gasteiger partial charge is 0.306 e. The van der Waals surface area contributed by atoms with Gasteiger partial charge >= 0.3 is 5.97 Å². The van der Waals surface area contributed by atoms with Gasteiger partial charge in [0.1, 0.15) is 5.82 Å². The van der Waals surface area contributed by atoms with E-state index in [1.54, 1.807) is 43.3 Å². The third-order valence-corrected chi connectivity index (χ3v) is 8.24. The first-order chi connectivity index (χ1) is 18.2. The standard InChI is InChI=1S/C27H34FN3O6S/c1-2-30(19-25(32)29-18-22-6-11-23(28)12-7-22)26(33)20-37-27(34)15-10-21-8-13-24(14-9-21)38(35,36)31-16-4-3-5-17-31/h6-9,11-14H,2-5,10,15-20H2,1H3,(H,29,32). The van der Waals surface area contributed by atoms with E-state index in [-0.39, 0.29) is 42.7 Å². The maximum absolute atomic E-state index is 13.0. The fourth-order valence-corrected chi connectivity index (χ4v) is 5.56. The molecule has 1 fully saturated rings. The van der Waals surface area contributed by atoms with E-state index < -0.39 is 28.5 Å². The van der Waals surface area contributed by atoms with E-state index in [0.717, 1.165) is 30.4 Å². The molecule has 0 unspecified atom stereocenters. The first kappa shape index (κ1) is 29.2. The van der Waals surface area contributed by atoms with Crippen LogP contribution in [0.3, 0.4) is 0 Å². The van der Waals surface area contributed by atoms with E-state index in [0.29, 0.717) is 19.5 Å². The average Bonchev–Trinajstić information content (AvgIpc) is 2.93. The molecule has 1 aliphatic heterocycles. The van der Waals surface area contributed by atoms with Crippen LogP contribution in [0.1, 0.15) is 43.7 Å². The minimum absolute atomic E-state index is 0.0236. The number of carbonyl (C=O) groups excluding carboxylic acids is 3. The molecular formula is C27H34FN3O6S. The summed E-state index contributed by atoms with van der Waals surface area (Å²) >= 11 is 0. The second-order valence-electron chi connectivity index (χ2n) is 9.08. The van der Waals surface area contributed by atoms with Crippen molar-refractivity contribution in [3.8, 4) is 0 Å². The third-order valence-electron chi connectivity index (χ3n) is 6.32. The van der Waals surface area contributed by atoms with Crippen molar-refractivity contribution < 1.29 is 31.9 Å². The summed E-state index contributed by atoms with van der Waals surface area (Å²) in [5.41, 5.74) is 1.50. The Morgan fingerprint density at radius 2 is 1.61 bits per heavy atom. The lowest BCUT2D eigenvalue weighted by Crippen LogP contribution is -2.42. The molecule has 0 aromatic heterocycles. The van der Waals surface area contributed by atoms with Gasteiger partial charge in [-0.15, -0.1) is 0 Å². The second-order valence-corrected chi connectivity index (χ2v) is 11.0. The number of nitrogens with one attached hydrogen (secondary N) is 1. The Kier molecular flexibility index (Phi) is 10.8. The number of amides is 2. The molecule has 0 saturated carbocycles. The maximum Gasteiger partial charge on any atom is 0.306 e. The van der Waals surface area contributed by atoms with E-state index in [4.69, 9.17) is 4.74 Å². The van der Waals surface area contributed by atoms with Crippen molar-refractivity contribution >= 4 is 27.8 Å². The van der Waals surface area contributed by atoms with Crippen molar-refractivity contribution in [1.82, 2.24) is 14.5 Å². The Bertz CT molecular complexity index is 1200. The zero-order valence-electron chi connectivity index (χ0n) is 21.5. The molecule has 38 heavy (non-hydrogen) atoms. The van der Waals surface area contributed by atoms with Gasteiger partial charge in [-0.25, -0.2) is 12.8 Å². The van der Waals surface area contributed by atoms with Crippen LogP contribution < -0.4 is 5.32 Å². The van der Waals surface area contributed by atoms with Gasteiger partial charge in [0.2, 0.25) is 15.9 Å². The number of nitrogens with zero attached hydrogens (tertiary/aromatic N) is 2. The number of benzene rings is 2. The molecule has 0 bridgehead atoms. The molecule has 1 aliphatic rings. The number of halogens is 1. The van der Waals surface area contributed by atoms with Crippen LogP contribution in [0.2, 0.25) is 0 Å². The monoisotopic (exact) mass is 547 g/mol. The number of carbonyl (C=O) groups is 3. The van der Waals surface area contributed by atoms with Crippen LogP contribution in [0.5, 0.6) is 0 Å². The SMILES string of the molecule is CCN(CC(=O)NCc1ccc(F)cc1)C(=O)COC(=O)CCc1ccc(S(=O)(=O)N2CCCCC2)cc1. The molecule has 11 heteroatoms. The predicted molar refractivity (Wildman–Crippen MR) is 139 cm³/mol. The molecule has 0 radical (unpaired) electrons. The highest BCUT2D eigenvalue weighted by Gasteiger charge is 2.25. The highest BCUT2D eigenvalue weighted by molar-refractivity contribution is 7.89. The molecule has 0 atom stereocenters. The molecule has 1 N–H and O–H groups in total. The van der Waals surface area contributed by atoms with Gasteiger partial charge < -0.3 is 15.0 Å². The van der Waals surface area contributed by atoms with Crippen LogP contribution in [0.25, 0.3) is 0 Å². The van der Waals surface area contributed by atoms with Crippen molar-refractivity contribution in [2.24, 2.45) is 0 Å². The predicted octanol–water partition coefficient (Wildman–Crippen LogP) is 2.64. The molecule has 206 valence electrons. The molecule has 0 aliphatic carbocycles. The van der Waals surface area contributed by atoms with E-state index in [2.05, 4.69) is 5.32 Å². The number of esters is 1. The van der Waals surface area contributed by atoms with Crippen LogP contribution in [0.4, 0.5) is 4.39 Å². The Morgan fingerprint density at radius 3 is 2.24 bits per heavy atom. The van der Waals surface area contributed by atoms with Gasteiger partial charge in [0.05, 0.1) is 11.4 Å². The largest absolute Gasteiger partial charge is 0.456 e. The van der Waals surface area contributed by atoms with Crippen molar-refractivity contribution in [2.75, 3.05) is 32.8 Å². The fourth-order valence-electron chi connectivity index (χ4n) is 4.04. The highest BCUT2D eigenvalue weighted by Crippen LogP contribution is 2.21. The fraction of sp³-hybridized carbons (Fsp3) is 0.444. The lowest BCUT2D eigenvalue weighted by atomic mass is 10.1. The molecular weight excluding hydrogens is 513 g/mol. The van der Waals surface area contributed by atoms with Crippen molar-refractivity contribution in [3.05, 3.63) is 65.5 Å². The molecule has 2 amide bonds. The van der Waals surface area contributed by atoms with E-state index in [1.807, 2.05) is 0 Å². The molecule has 1 heterocycles. The number of aryl methyl sites for hydroxylation is 1. The molecule has 2 aromatic carbocycles. The Balaban J connectivity index is 1.39. The van der Waals surface area contributed by atoms with E-state index in [1.165, 1.54) is 21.3 Å². The van der Waals surface area contributed by atoms with Gasteiger partial charge in [-0.1, -0.05) is 30.7 Å². The Labute approximate surface area is 223 Å². The van der Waals surface area contributed by atoms with Crippen LogP contribution >= 0.6 is 0 Å². The number of ether oxygens (including phenoxy) is 1. The van der Waals surface area contributed by atoms with Crippen molar-refractivity contribution in [2.45, 2.75) is 50.5 Å². The van der Waals surface area contributed by atoms with Gasteiger partial charge in [-0.05, 0) is 61.6 Å². The lowest BCUT2D eigenvalue weighted by molar-refractivity contribution is -0.152. The lowest BCUT2D eigenvalue weighted by Gasteiger charge is -2.25. The van der Waals surface area contributed by atoms with E-state index >= 15 is 0 Å². The summed E-state index contributed by atoms with van der Waals surface area (Å²) in [6, 6.07) is 12.2. The van der Waals surface area contributed by atoms with Crippen LogP contribution in [0.15, 0.2) is 53.4 Å². The number of hydrogen-bond donors (Lipinski definition) is 1. The zero-order chi connectivity index (χ0) is 27.5. The molecule has 0 spiro atoms. The summed E-state index contributed by atoms with van der Waals surface area (Å²) < 4.78 is 45.1. The van der Waals surface area contributed by atoms with Gasteiger partial charge in [0, 0.05) is 32.6 Å². The van der Waals surface area contributed by atoms with E-state index in [9.17, 15) is 27.2 Å². The van der Waals surface area contributed by atoms with Gasteiger partial charge in [-0.2, -0.15) is 4.31 Å². The first-order valence-electron chi connectivity index (χ1n) is 12.7. The normalized spacial score (nSPS) is 14.1. The molecule has 9 nitrogen and oxygen atoms in total. The van der Waals surface area contributed by atoms with Crippen molar-refractivity contribution in [1.29, 1.82) is 0 Å². The van der Waals surface area contributed by atoms with Crippen molar-refractivity contribution in [3.63, 3.8) is 0 Å². The summed E-state index contributed by atoms with van der Waals surface area (Å²) in [6.07, 6.45) is 3.12. The molecule has 1 saturated heterocycles. The van der Waals surface area contributed by atoms with Gasteiger partial charge in [0.25, 0.3) is 5.91 Å². The van der Waals surface area contributed by atoms with Crippen LogP contribution in [-0.4, -0.2) is 68.2 Å². The Morgan fingerprint density at radius 1 is 0.974 bits per heavy atom. The third kappa shape index (κ3) is 8.63. The average molecular weight is 548 g/mol. The highest BCUT2D eigenvalue weighted by atomic mass is 32.2. The first-order valence-corrected chi connectivity index (χ1v) is 14.2. The number of sulfonamides is 1. The van der Waals surface area contributed by atoms with Gasteiger partial charge in [0.15, 0.2) is 6.61 Å². The van der Waals surface area contributed by atoms with Crippen LogP contribution in [0, 0.1) is 5.82 Å². The summed E-state index contributed by atoms with van der Waals surface area (Å²) in [4.78, 5) is 38.3. The molecule has 2 aromatic rings. The summed E-state index contributed by atoms with van der Waals surface area (Å²) in [5, 5.41) is 2.67. The summed E-state index contributed by atoms with van der Waals surface area (Å²) in [7, 11) is -3.51. The molecule has 3 rings (SSSR count). The topological polar surface area (TPSA) is 113 Å². The number of rotatable bonds is 12. The second kappa shape index (κ2) is 14.0. The number of hydrogen-bond acceptors (Lipinski definition) is 6. The Hall–Kier alpha value is -3.31. The van der Waals surface area contributed by atoms with Gasteiger partial charge in [-0.3, -0.25) is 14.4 Å². The van der Waals surface area contributed by atoms with Crippen LogP contribution in [-0.2, 0) is 42.1 Å². The minimum atomic E-state index is -3.51. The minimum Gasteiger partial charge on any atom is -0.456 e.